The SMILES string of the molecule is CCC(C)CCOp1oc2c(cc(OC)c3cc(OC)c4ccc5ccc6ccccc6c5c4c32)c2cc(OC)c3cc(OC)c4ccc5ccc6ccccc6c5c4c3c2o1. The van der Waals surface area contributed by atoms with Crippen LogP contribution in [0.5, 0.6) is 23.0 Å². The lowest BCUT2D eigenvalue weighted by Crippen LogP contribution is -2.01. The Morgan fingerprint density at radius 1 is 0.435 bits per heavy atom. The van der Waals surface area contributed by atoms with Crippen LogP contribution in [0.2, 0.25) is 0 Å². The molecule has 0 aliphatic carbocycles. The number of methoxy groups -OCH3 is 4. The Balaban J connectivity index is 1.44. The molecule has 1 aromatic heterocycles. The van der Waals surface area contributed by atoms with Crippen molar-refractivity contribution in [3.05, 3.63) is 121 Å². The molecule has 7 nitrogen and oxygen atoms in total. The van der Waals surface area contributed by atoms with E-state index >= 15 is 0 Å². The molecule has 0 saturated carbocycles. The molecule has 1 atom stereocenters. The van der Waals surface area contributed by atoms with Gasteiger partial charge in [0.1, 0.15) is 23.0 Å². The van der Waals surface area contributed by atoms with Crippen LogP contribution in [-0.2, 0) is 0 Å². The highest BCUT2D eigenvalue weighted by Gasteiger charge is 2.25. The van der Waals surface area contributed by atoms with Gasteiger partial charge in [-0.3, -0.25) is 4.52 Å². The summed E-state index contributed by atoms with van der Waals surface area (Å²) < 4.78 is 46.4. The van der Waals surface area contributed by atoms with Crippen LogP contribution < -0.4 is 23.5 Å². The third-order valence-electron chi connectivity index (χ3n) is 13.0. The summed E-state index contributed by atoms with van der Waals surface area (Å²) in [6.07, 6.45) is 1.91. The average Bonchev–Trinajstić information content (AvgIpc) is 3.47. The maximum absolute atomic E-state index is 7.31. The Kier molecular flexibility index (Phi) is 9.29. The second kappa shape index (κ2) is 15.1. The summed E-state index contributed by atoms with van der Waals surface area (Å²) in [5, 5.41) is 18.0. The highest BCUT2D eigenvalue weighted by molar-refractivity contribution is 7.31. The van der Waals surface area contributed by atoms with Crippen LogP contribution >= 0.6 is 8.24 Å². The maximum Gasteiger partial charge on any atom is 0.387 e. The molecule has 8 heteroatoms. The largest absolute Gasteiger partial charge is 0.496 e. The summed E-state index contributed by atoms with van der Waals surface area (Å²) >= 11 is 0. The highest BCUT2D eigenvalue weighted by atomic mass is 31.1. The van der Waals surface area contributed by atoms with E-state index in [0.29, 0.717) is 35.2 Å². The van der Waals surface area contributed by atoms with Gasteiger partial charge in [0, 0.05) is 53.9 Å². The minimum absolute atomic E-state index is 0.470. The van der Waals surface area contributed by atoms with Crippen LogP contribution in [0.25, 0.3) is 108 Å². The molecule has 0 fully saturated rings. The smallest absolute Gasteiger partial charge is 0.387 e. The summed E-state index contributed by atoms with van der Waals surface area (Å²) in [5.41, 5.74) is 1.30. The molecular formula is C54H45O7P. The average molecular weight is 837 g/mol. The van der Waals surface area contributed by atoms with Crippen molar-refractivity contribution >= 4 is 116 Å². The van der Waals surface area contributed by atoms with Crippen molar-refractivity contribution < 1.29 is 31.9 Å². The summed E-state index contributed by atoms with van der Waals surface area (Å²) in [4.78, 5) is 0. The van der Waals surface area contributed by atoms with Gasteiger partial charge in [-0.15, -0.1) is 0 Å². The molecule has 10 aromatic carbocycles. The topological polar surface area (TPSA) is 72.4 Å². The molecule has 0 saturated heterocycles. The van der Waals surface area contributed by atoms with Crippen LogP contribution in [0, 0.1) is 5.92 Å². The Bertz CT molecular complexity index is 3450. The van der Waals surface area contributed by atoms with Crippen molar-refractivity contribution in [2.24, 2.45) is 5.92 Å². The normalized spacial score (nSPS) is 12.5. The first kappa shape index (κ1) is 38.3. The third kappa shape index (κ3) is 5.76. The number of rotatable bonds is 9. The molecule has 0 aliphatic heterocycles. The van der Waals surface area contributed by atoms with Crippen molar-refractivity contribution in [3.8, 4) is 23.0 Å². The number of hydrogen-bond acceptors (Lipinski definition) is 7. The molecule has 11 rings (SSSR count). The van der Waals surface area contributed by atoms with Crippen molar-refractivity contribution in [1.82, 2.24) is 0 Å². The summed E-state index contributed by atoms with van der Waals surface area (Å²) in [6.45, 7) is 4.93. The fourth-order valence-corrected chi connectivity index (χ4v) is 10.7. The van der Waals surface area contributed by atoms with Crippen LogP contribution in [0.15, 0.2) is 130 Å². The number of ether oxygens (including phenoxy) is 4. The molecule has 0 aliphatic rings. The molecule has 308 valence electrons. The molecule has 11 aromatic rings. The lowest BCUT2D eigenvalue weighted by Gasteiger charge is -2.17. The van der Waals surface area contributed by atoms with E-state index in [9.17, 15) is 0 Å². The van der Waals surface area contributed by atoms with Gasteiger partial charge in [0.25, 0.3) is 0 Å². The first-order valence-corrected chi connectivity index (χ1v) is 22.2. The van der Waals surface area contributed by atoms with Crippen LogP contribution in [0.4, 0.5) is 0 Å². The van der Waals surface area contributed by atoms with Gasteiger partial charge in [-0.2, -0.15) is 0 Å². The minimum atomic E-state index is -2.01. The van der Waals surface area contributed by atoms with Gasteiger partial charge in [-0.25, -0.2) is 0 Å². The molecule has 0 radical (unpaired) electrons. The number of hydrogen-bond donors (Lipinski definition) is 0. The van der Waals surface area contributed by atoms with Gasteiger partial charge < -0.3 is 27.3 Å². The van der Waals surface area contributed by atoms with E-state index in [4.69, 9.17) is 31.9 Å². The molecule has 0 N–H and O–H groups in total. The summed E-state index contributed by atoms with van der Waals surface area (Å²) in [5.74, 6) is 3.29. The second-order valence-electron chi connectivity index (χ2n) is 16.2. The van der Waals surface area contributed by atoms with Gasteiger partial charge in [0.2, 0.25) is 0 Å². The molecule has 0 bridgehead atoms. The molecular weight excluding hydrogens is 792 g/mol. The molecule has 1 heterocycles. The van der Waals surface area contributed by atoms with E-state index in [1.54, 1.807) is 28.4 Å². The maximum atomic E-state index is 7.31. The second-order valence-corrected chi connectivity index (χ2v) is 17.3. The molecule has 62 heavy (non-hydrogen) atoms. The predicted molar refractivity (Wildman–Crippen MR) is 258 cm³/mol. The van der Waals surface area contributed by atoms with Crippen molar-refractivity contribution in [3.63, 3.8) is 0 Å². The van der Waals surface area contributed by atoms with Gasteiger partial charge >= 0.3 is 8.24 Å². The van der Waals surface area contributed by atoms with Crippen LogP contribution in [0.3, 0.4) is 0 Å². The molecule has 0 spiro atoms. The van der Waals surface area contributed by atoms with E-state index in [-0.39, 0.29) is 0 Å². The van der Waals surface area contributed by atoms with Gasteiger partial charge in [-0.05, 0) is 91.8 Å². The van der Waals surface area contributed by atoms with E-state index in [1.807, 2.05) is 0 Å². The van der Waals surface area contributed by atoms with E-state index in [1.165, 1.54) is 0 Å². The van der Waals surface area contributed by atoms with Gasteiger partial charge in [0.15, 0.2) is 11.2 Å². The first-order valence-electron chi connectivity index (χ1n) is 21.2. The quantitative estimate of drug-likeness (QED) is 0.134. The van der Waals surface area contributed by atoms with Crippen molar-refractivity contribution in [1.29, 1.82) is 0 Å². The highest BCUT2D eigenvalue weighted by Crippen LogP contribution is 2.52. The fourth-order valence-electron chi connectivity index (χ4n) is 9.65. The van der Waals surface area contributed by atoms with E-state index < -0.39 is 8.24 Å². The fraction of sp³-hybridized carbons (Fsp3) is 0.185. The Morgan fingerprint density at radius 3 is 1.29 bits per heavy atom. The van der Waals surface area contributed by atoms with Gasteiger partial charge in [-0.1, -0.05) is 105 Å². The molecule has 0 amide bonds. The third-order valence-corrected chi connectivity index (χ3v) is 14.0. The zero-order valence-electron chi connectivity index (χ0n) is 35.6. The number of benzene rings is 10. The van der Waals surface area contributed by atoms with Crippen molar-refractivity contribution in [2.75, 3.05) is 35.0 Å². The predicted octanol–water partition coefficient (Wildman–Crippen LogP) is 15.4. The Morgan fingerprint density at radius 2 is 0.839 bits per heavy atom. The van der Waals surface area contributed by atoms with Gasteiger partial charge in [0.05, 0.1) is 35.0 Å². The van der Waals surface area contributed by atoms with Crippen molar-refractivity contribution in [2.45, 2.75) is 26.7 Å². The van der Waals surface area contributed by atoms with Crippen LogP contribution in [0.1, 0.15) is 26.7 Å². The lowest BCUT2D eigenvalue weighted by molar-refractivity contribution is 0.329. The van der Waals surface area contributed by atoms with E-state index in [0.717, 1.165) is 121 Å². The summed E-state index contributed by atoms with van der Waals surface area (Å²) in [6, 6.07) is 42.7. The minimum Gasteiger partial charge on any atom is -0.496 e. The standard InChI is InChI=1S/C54H45O7P/c1-7-30(2)24-25-59-62-60-53-39(26-45(57-5)41-28-43(55-3)37-22-20-33-18-16-31-12-8-10-14-35(31)47(33)49(37)51(41)53)40-27-46(58-6)42-29-44(56-4)38-23-21-34-19-17-32-13-9-11-15-36(32)48(34)50(38)52(42)54(40)61-62/h8-23,26-30H,7,24-25H2,1-6H3. The Labute approximate surface area is 358 Å². The Hall–Kier alpha value is -6.66. The lowest BCUT2D eigenvalue weighted by atomic mass is 9.90. The molecule has 1 unspecified atom stereocenters. The zero-order valence-corrected chi connectivity index (χ0v) is 36.4. The van der Waals surface area contributed by atoms with E-state index in [2.05, 4.69) is 135 Å². The van der Waals surface area contributed by atoms with Crippen LogP contribution in [-0.4, -0.2) is 35.0 Å². The zero-order chi connectivity index (χ0) is 42.2. The number of fused-ring (bicyclic) bond motifs is 19. The monoisotopic (exact) mass is 836 g/mol. The first-order chi connectivity index (χ1) is 30.4. The summed E-state index contributed by atoms with van der Waals surface area (Å²) in [7, 11) is 4.86.